The quantitative estimate of drug-likeness (QED) is 0.172. The van der Waals surface area contributed by atoms with E-state index < -0.39 is 36.2 Å². The van der Waals surface area contributed by atoms with Crippen molar-refractivity contribution in [1.82, 2.24) is 5.32 Å². The van der Waals surface area contributed by atoms with E-state index in [1.807, 2.05) is 41.5 Å². The van der Waals surface area contributed by atoms with Crippen LogP contribution in [-0.4, -0.2) is 54.5 Å². The van der Waals surface area contributed by atoms with Gasteiger partial charge in [0.15, 0.2) is 11.5 Å². The van der Waals surface area contributed by atoms with Crippen LogP contribution in [0.25, 0.3) is 0 Å². The fourth-order valence-corrected chi connectivity index (χ4v) is 3.41. The van der Waals surface area contributed by atoms with Gasteiger partial charge in [0.1, 0.15) is 12.1 Å². The standard InChI is InChI=1S/C30H47NO9/c1-19(2)8-12-27(32)39-25-11-10-23(17-26(25)40-28(33)13-9-20(3)4)16-24(29(34)35)31-18-22(7)38-30(36)37-15-14-21(5)6/h10-11,17,19-22,24,31H,8-9,12-16,18H2,1-7H3,(H,34,35)/t22?,24-/m0/s1. The summed E-state index contributed by atoms with van der Waals surface area (Å²) in [6.45, 7) is 14.0. The van der Waals surface area contributed by atoms with Crippen molar-refractivity contribution in [3.05, 3.63) is 23.8 Å². The number of carbonyl (C=O) groups excluding carboxylic acids is 3. The predicted octanol–water partition coefficient (Wildman–Crippen LogP) is 5.54. The van der Waals surface area contributed by atoms with Crippen LogP contribution in [0.3, 0.4) is 0 Å². The first-order valence-corrected chi connectivity index (χ1v) is 14.1. The lowest BCUT2D eigenvalue weighted by atomic mass is 10.0. The lowest BCUT2D eigenvalue weighted by Crippen LogP contribution is -2.42. The van der Waals surface area contributed by atoms with Gasteiger partial charge in [-0.3, -0.25) is 14.4 Å². The summed E-state index contributed by atoms with van der Waals surface area (Å²) in [5.74, 6) is -0.825. The highest BCUT2D eigenvalue weighted by atomic mass is 16.7. The highest BCUT2D eigenvalue weighted by Crippen LogP contribution is 2.30. The molecule has 0 fully saturated rings. The van der Waals surface area contributed by atoms with Crippen LogP contribution < -0.4 is 14.8 Å². The zero-order valence-electron chi connectivity index (χ0n) is 25.0. The Morgan fingerprint density at radius 3 is 1.88 bits per heavy atom. The maximum Gasteiger partial charge on any atom is 0.508 e. The highest BCUT2D eigenvalue weighted by molar-refractivity contribution is 5.77. The summed E-state index contributed by atoms with van der Waals surface area (Å²) >= 11 is 0. The zero-order chi connectivity index (χ0) is 30.2. The van der Waals surface area contributed by atoms with Gasteiger partial charge in [0.2, 0.25) is 0 Å². The largest absolute Gasteiger partial charge is 0.508 e. The first-order chi connectivity index (χ1) is 18.8. The summed E-state index contributed by atoms with van der Waals surface area (Å²) in [4.78, 5) is 48.6. The number of ether oxygens (including phenoxy) is 4. The van der Waals surface area contributed by atoms with Crippen molar-refractivity contribution in [2.75, 3.05) is 13.2 Å². The molecule has 10 heteroatoms. The number of rotatable bonds is 18. The van der Waals surface area contributed by atoms with Gasteiger partial charge in [-0.1, -0.05) is 47.6 Å². The molecule has 226 valence electrons. The molecule has 0 heterocycles. The second-order valence-electron chi connectivity index (χ2n) is 11.3. The highest BCUT2D eigenvalue weighted by Gasteiger charge is 2.22. The maximum absolute atomic E-state index is 12.5. The maximum atomic E-state index is 12.5. The Morgan fingerprint density at radius 1 is 0.800 bits per heavy atom. The van der Waals surface area contributed by atoms with Crippen molar-refractivity contribution < 1.29 is 43.2 Å². The average molecular weight is 566 g/mol. The van der Waals surface area contributed by atoms with E-state index in [0.717, 1.165) is 0 Å². The molecule has 10 nitrogen and oxygen atoms in total. The van der Waals surface area contributed by atoms with Gasteiger partial charge in [-0.15, -0.1) is 0 Å². The molecule has 0 aliphatic heterocycles. The topological polar surface area (TPSA) is 137 Å². The van der Waals surface area contributed by atoms with Gasteiger partial charge in [0, 0.05) is 19.4 Å². The molecule has 1 rings (SSSR count). The molecule has 0 radical (unpaired) electrons. The molecule has 1 aromatic rings. The number of hydrogen-bond acceptors (Lipinski definition) is 9. The van der Waals surface area contributed by atoms with Crippen molar-refractivity contribution >= 4 is 24.1 Å². The molecular weight excluding hydrogens is 518 g/mol. The van der Waals surface area contributed by atoms with Gasteiger partial charge < -0.3 is 29.4 Å². The van der Waals surface area contributed by atoms with Crippen LogP contribution in [0.15, 0.2) is 18.2 Å². The van der Waals surface area contributed by atoms with Crippen LogP contribution in [0.4, 0.5) is 4.79 Å². The number of benzene rings is 1. The van der Waals surface area contributed by atoms with Crippen LogP contribution in [0.5, 0.6) is 11.5 Å². The van der Waals surface area contributed by atoms with E-state index in [0.29, 0.717) is 42.6 Å². The smallest absolute Gasteiger partial charge is 0.480 e. The van der Waals surface area contributed by atoms with E-state index in [1.165, 1.54) is 12.1 Å². The molecule has 0 saturated heterocycles. The van der Waals surface area contributed by atoms with Crippen molar-refractivity contribution in [2.45, 2.75) is 99.1 Å². The Hall–Kier alpha value is -3.14. The summed E-state index contributed by atoms with van der Waals surface area (Å²) < 4.78 is 21.2. The molecule has 0 aliphatic carbocycles. The van der Waals surface area contributed by atoms with E-state index in [2.05, 4.69) is 5.32 Å². The van der Waals surface area contributed by atoms with Gasteiger partial charge in [-0.05, 0) is 68.1 Å². The molecule has 0 aromatic heterocycles. The average Bonchev–Trinajstić information content (AvgIpc) is 2.85. The first kappa shape index (κ1) is 34.9. The lowest BCUT2D eigenvalue weighted by Gasteiger charge is -2.19. The van der Waals surface area contributed by atoms with Gasteiger partial charge in [-0.25, -0.2) is 4.79 Å². The van der Waals surface area contributed by atoms with E-state index in [-0.39, 0.29) is 43.9 Å². The molecule has 0 aliphatic rings. The molecular formula is C30H47NO9. The Morgan fingerprint density at radius 2 is 1.35 bits per heavy atom. The van der Waals surface area contributed by atoms with Crippen LogP contribution in [0.1, 0.15) is 86.1 Å². The Balaban J connectivity index is 2.91. The van der Waals surface area contributed by atoms with E-state index in [9.17, 15) is 24.3 Å². The third kappa shape index (κ3) is 15.5. The second-order valence-corrected chi connectivity index (χ2v) is 11.3. The molecule has 2 atom stereocenters. The number of carboxylic acid groups (broad SMARTS) is 1. The summed E-state index contributed by atoms with van der Waals surface area (Å²) in [6, 6.07) is 3.63. The minimum Gasteiger partial charge on any atom is -0.480 e. The van der Waals surface area contributed by atoms with Crippen LogP contribution in [0.2, 0.25) is 0 Å². The van der Waals surface area contributed by atoms with Gasteiger partial charge >= 0.3 is 24.1 Å². The monoisotopic (exact) mass is 565 g/mol. The SMILES string of the molecule is CC(C)CCOC(=O)OC(C)CN[C@@H](Cc1ccc(OC(=O)CCC(C)C)c(OC(=O)CCC(C)C)c1)C(=O)O. The number of aliphatic carboxylic acids is 1. The molecule has 0 bridgehead atoms. The number of carbonyl (C=O) groups is 4. The summed E-state index contributed by atoms with van der Waals surface area (Å²) in [5.41, 5.74) is 0.551. The van der Waals surface area contributed by atoms with Crippen LogP contribution in [0, 0.1) is 17.8 Å². The molecule has 0 saturated carbocycles. The van der Waals surface area contributed by atoms with E-state index >= 15 is 0 Å². The van der Waals surface area contributed by atoms with E-state index in [1.54, 1.807) is 13.0 Å². The number of hydrogen-bond donors (Lipinski definition) is 2. The van der Waals surface area contributed by atoms with E-state index in [4.69, 9.17) is 18.9 Å². The molecule has 1 unspecified atom stereocenters. The number of nitrogens with one attached hydrogen (secondary N) is 1. The van der Waals surface area contributed by atoms with Crippen molar-refractivity contribution in [3.63, 3.8) is 0 Å². The lowest BCUT2D eigenvalue weighted by molar-refractivity contribution is -0.139. The zero-order valence-corrected chi connectivity index (χ0v) is 25.0. The van der Waals surface area contributed by atoms with Crippen LogP contribution in [-0.2, 0) is 30.3 Å². The first-order valence-electron chi connectivity index (χ1n) is 14.1. The fourth-order valence-electron chi connectivity index (χ4n) is 3.41. The number of carboxylic acids is 1. The minimum absolute atomic E-state index is 0.0407. The number of esters is 2. The molecule has 2 N–H and O–H groups in total. The van der Waals surface area contributed by atoms with Gasteiger partial charge in [0.25, 0.3) is 0 Å². The third-order valence-electron chi connectivity index (χ3n) is 5.91. The Bertz CT molecular complexity index is 958. The summed E-state index contributed by atoms with van der Waals surface area (Å²) in [6.07, 6.45) is 1.04. The van der Waals surface area contributed by atoms with Crippen LogP contribution >= 0.6 is 0 Å². The summed E-state index contributed by atoms with van der Waals surface area (Å²) in [7, 11) is 0. The van der Waals surface area contributed by atoms with Gasteiger partial charge in [-0.2, -0.15) is 0 Å². The third-order valence-corrected chi connectivity index (χ3v) is 5.91. The van der Waals surface area contributed by atoms with Crippen molar-refractivity contribution in [1.29, 1.82) is 0 Å². The molecule has 1 aromatic carbocycles. The second kappa shape index (κ2) is 18.3. The van der Waals surface area contributed by atoms with Gasteiger partial charge in [0.05, 0.1) is 6.61 Å². The fraction of sp³-hybridized carbons (Fsp3) is 0.667. The Kier molecular flexibility index (Phi) is 15.9. The molecule has 40 heavy (non-hydrogen) atoms. The Labute approximate surface area is 238 Å². The molecule has 0 spiro atoms. The summed E-state index contributed by atoms with van der Waals surface area (Å²) in [5, 5.41) is 12.7. The normalized spacial score (nSPS) is 12.8. The van der Waals surface area contributed by atoms with Crippen molar-refractivity contribution in [3.8, 4) is 11.5 Å². The predicted molar refractivity (Wildman–Crippen MR) is 150 cm³/mol. The minimum atomic E-state index is -1.11. The molecule has 0 amide bonds. The van der Waals surface area contributed by atoms with Crippen molar-refractivity contribution in [2.24, 2.45) is 17.8 Å².